The quantitative estimate of drug-likeness (QED) is 0.239. The summed E-state index contributed by atoms with van der Waals surface area (Å²) in [6, 6.07) is 9.23. The predicted molar refractivity (Wildman–Crippen MR) is 126 cm³/mol. The first kappa shape index (κ1) is 23.8. The van der Waals surface area contributed by atoms with Crippen molar-refractivity contribution in [1.29, 1.82) is 0 Å². The standard InChI is InChI=1S/C26H24N2O7/c27-20(26(31)32)8-1-2-10-28-21(15-19-7-4-12-34-19)25(30)23(24(28)22-9-5-13-35-22)17(16-29)14-18-6-3-11-33-18/h3-7,9,11-16,20H,1-2,8,10,27H2,(H,31,32). The van der Waals surface area contributed by atoms with E-state index >= 15 is 0 Å². The van der Waals surface area contributed by atoms with Crippen LogP contribution in [0.4, 0.5) is 0 Å². The van der Waals surface area contributed by atoms with Crippen LogP contribution in [0.15, 0.2) is 85.3 Å². The van der Waals surface area contributed by atoms with Gasteiger partial charge in [-0.3, -0.25) is 14.4 Å². The third kappa shape index (κ3) is 5.25. The molecule has 9 heteroatoms. The third-order valence-corrected chi connectivity index (χ3v) is 5.55. The maximum Gasteiger partial charge on any atom is 0.320 e. The molecule has 3 N–H and O–H groups in total. The van der Waals surface area contributed by atoms with E-state index in [0.29, 0.717) is 60.8 Å². The van der Waals surface area contributed by atoms with Gasteiger partial charge in [-0.25, -0.2) is 0 Å². The lowest BCUT2D eigenvalue weighted by atomic mass is 10.00. The fourth-order valence-corrected chi connectivity index (χ4v) is 3.88. The molecule has 4 rings (SSSR count). The number of unbranched alkanes of at least 4 members (excludes halogenated alkanes) is 1. The van der Waals surface area contributed by atoms with Gasteiger partial charge in [-0.15, -0.1) is 0 Å². The van der Waals surface area contributed by atoms with Crippen LogP contribution in [0.3, 0.4) is 0 Å². The lowest BCUT2D eigenvalue weighted by Crippen LogP contribution is -2.30. The Kier molecular flexibility index (Phi) is 7.27. The molecule has 3 aromatic heterocycles. The molecule has 3 aromatic rings. The SMILES string of the molecule is NC(CCCCN1C(=Cc2ccco2)C(=O)C(C(C=O)=Cc2ccco2)=C1c1ccco1)C(=O)O. The summed E-state index contributed by atoms with van der Waals surface area (Å²) in [5.41, 5.74) is 6.67. The maximum absolute atomic E-state index is 13.7. The summed E-state index contributed by atoms with van der Waals surface area (Å²) in [4.78, 5) is 38.7. The molecule has 35 heavy (non-hydrogen) atoms. The molecule has 1 aliphatic heterocycles. The number of carboxylic acid groups (broad SMARTS) is 1. The van der Waals surface area contributed by atoms with Crippen molar-refractivity contribution in [2.75, 3.05) is 6.54 Å². The smallest absolute Gasteiger partial charge is 0.320 e. The van der Waals surface area contributed by atoms with E-state index in [2.05, 4.69) is 0 Å². The minimum atomic E-state index is -1.06. The molecule has 4 heterocycles. The Balaban J connectivity index is 1.77. The molecular weight excluding hydrogens is 452 g/mol. The second-order valence-corrected chi connectivity index (χ2v) is 7.90. The fraction of sp³-hybridized carbons (Fsp3) is 0.192. The molecule has 1 unspecified atom stereocenters. The number of carbonyl (C=O) groups is 3. The van der Waals surface area contributed by atoms with Crippen LogP contribution in [0, 0.1) is 0 Å². The van der Waals surface area contributed by atoms with Gasteiger partial charge in [-0.05, 0) is 61.7 Å². The highest BCUT2D eigenvalue weighted by molar-refractivity contribution is 6.25. The van der Waals surface area contributed by atoms with Crippen molar-refractivity contribution in [3.8, 4) is 0 Å². The largest absolute Gasteiger partial charge is 0.480 e. The Hall–Kier alpha value is -4.37. The molecule has 0 radical (unpaired) electrons. The van der Waals surface area contributed by atoms with Gasteiger partial charge in [-0.1, -0.05) is 0 Å². The zero-order valence-corrected chi connectivity index (χ0v) is 18.8. The molecule has 0 aromatic carbocycles. The van der Waals surface area contributed by atoms with Crippen molar-refractivity contribution >= 4 is 35.9 Å². The Bertz CT molecular complexity index is 1260. The zero-order valence-electron chi connectivity index (χ0n) is 18.8. The average Bonchev–Trinajstić information content (AvgIpc) is 3.65. The Morgan fingerprint density at radius 3 is 2.31 bits per heavy atom. The third-order valence-electron chi connectivity index (χ3n) is 5.55. The summed E-state index contributed by atoms with van der Waals surface area (Å²) >= 11 is 0. The number of hydrogen-bond donors (Lipinski definition) is 2. The van der Waals surface area contributed by atoms with E-state index in [1.807, 2.05) is 0 Å². The Labute approximate surface area is 200 Å². The summed E-state index contributed by atoms with van der Waals surface area (Å²) in [5, 5.41) is 9.04. The first-order valence-electron chi connectivity index (χ1n) is 11.0. The van der Waals surface area contributed by atoms with Gasteiger partial charge in [0.05, 0.1) is 35.8 Å². The van der Waals surface area contributed by atoms with E-state index in [-0.39, 0.29) is 16.9 Å². The number of hydrogen-bond acceptors (Lipinski definition) is 8. The van der Waals surface area contributed by atoms with Crippen molar-refractivity contribution in [2.45, 2.75) is 25.3 Å². The monoisotopic (exact) mass is 476 g/mol. The summed E-state index contributed by atoms with van der Waals surface area (Å²) in [7, 11) is 0. The highest BCUT2D eigenvalue weighted by atomic mass is 16.4. The molecule has 180 valence electrons. The van der Waals surface area contributed by atoms with Gasteiger partial charge >= 0.3 is 5.97 Å². The fourth-order valence-electron chi connectivity index (χ4n) is 3.88. The molecule has 1 atom stereocenters. The number of nitrogens with two attached hydrogens (primary N) is 1. The highest BCUT2D eigenvalue weighted by Crippen LogP contribution is 2.40. The Morgan fingerprint density at radius 1 is 1.03 bits per heavy atom. The van der Waals surface area contributed by atoms with E-state index in [9.17, 15) is 14.4 Å². The molecule has 0 saturated heterocycles. The van der Waals surface area contributed by atoms with Crippen molar-refractivity contribution in [2.24, 2.45) is 5.73 Å². The van der Waals surface area contributed by atoms with Gasteiger partial charge in [-0.2, -0.15) is 0 Å². The minimum absolute atomic E-state index is 0.136. The molecule has 0 aliphatic carbocycles. The number of carboxylic acids is 1. The number of ketones is 1. The summed E-state index contributed by atoms with van der Waals surface area (Å²) in [6.45, 7) is 0.358. The van der Waals surface area contributed by atoms with Crippen LogP contribution in [0.1, 0.15) is 36.5 Å². The van der Waals surface area contributed by atoms with Gasteiger partial charge in [0.2, 0.25) is 5.78 Å². The second kappa shape index (κ2) is 10.7. The predicted octanol–water partition coefficient (Wildman–Crippen LogP) is 3.97. The second-order valence-electron chi connectivity index (χ2n) is 7.90. The van der Waals surface area contributed by atoms with E-state index in [0.717, 1.165) is 0 Å². The van der Waals surface area contributed by atoms with Gasteiger partial charge in [0.25, 0.3) is 0 Å². The number of aldehydes is 1. The summed E-state index contributed by atoms with van der Waals surface area (Å²) < 4.78 is 16.4. The molecule has 0 saturated carbocycles. The number of carbonyl (C=O) groups excluding carboxylic acids is 2. The van der Waals surface area contributed by atoms with Crippen LogP contribution in [-0.2, 0) is 14.4 Å². The van der Waals surface area contributed by atoms with Gasteiger partial charge in [0.15, 0.2) is 12.0 Å². The van der Waals surface area contributed by atoms with Crippen LogP contribution < -0.4 is 5.73 Å². The van der Waals surface area contributed by atoms with Gasteiger partial charge in [0, 0.05) is 18.2 Å². The van der Waals surface area contributed by atoms with Crippen LogP contribution in [0.2, 0.25) is 0 Å². The molecule has 1 aliphatic rings. The number of aliphatic carboxylic acids is 1. The van der Waals surface area contributed by atoms with E-state index in [1.54, 1.807) is 47.4 Å². The molecular formula is C26H24N2O7. The van der Waals surface area contributed by atoms with Crippen LogP contribution in [-0.4, -0.2) is 40.6 Å². The van der Waals surface area contributed by atoms with Crippen LogP contribution in [0.25, 0.3) is 17.8 Å². The number of Topliss-reactive ketones (excluding diaryl/α,β-unsaturated/α-hetero) is 1. The number of rotatable bonds is 11. The first-order valence-corrected chi connectivity index (χ1v) is 11.0. The lowest BCUT2D eigenvalue weighted by Gasteiger charge is -2.22. The van der Waals surface area contributed by atoms with Gasteiger partial charge < -0.3 is 29.0 Å². The zero-order chi connectivity index (χ0) is 24.8. The minimum Gasteiger partial charge on any atom is -0.480 e. The van der Waals surface area contributed by atoms with Crippen molar-refractivity contribution < 1.29 is 32.7 Å². The molecule has 0 bridgehead atoms. The summed E-state index contributed by atoms with van der Waals surface area (Å²) in [5.74, 6) is -0.139. The molecule has 0 amide bonds. The van der Waals surface area contributed by atoms with Crippen LogP contribution in [0.5, 0.6) is 0 Å². The van der Waals surface area contributed by atoms with E-state index < -0.39 is 12.0 Å². The number of allylic oxidation sites excluding steroid dienone is 2. The topological polar surface area (TPSA) is 140 Å². The number of furan rings is 3. The molecule has 0 fully saturated rings. The summed E-state index contributed by atoms with van der Waals surface area (Å²) in [6.07, 6.45) is 9.54. The van der Waals surface area contributed by atoms with Gasteiger partial charge in [0.1, 0.15) is 17.6 Å². The van der Waals surface area contributed by atoms with E-state index in [1.165, 1.54) is 24.9 Å². The normalized spacial score (nSPS) is 16.4. The molecule has 0 spiro atoms. The van der Waals surface area contributed by atoms with Crippen molar-refractivity contribution in [3.63, 3.8) is 0 Å². The van der Waals surface area contributed by atoms with Crippen molar-refractivity contribution in [1.82, 2.24) is 4.90 Å². The molecule has 9 nitrogen and oxygen atoms in total. The van der Waals surface area contributed by atoms with Crippen molar-refractivity contribution in [3.05, 3.63) is 89.3 Å². The van der Waals surface area contributed by atoms with E-state index in [4.69, 9.17) is 24.1 Å². The lowest BCUT2D eigenvalue weighted by molar-refractivity contribution is -0.138. The first-order chi connectivity index (χ1) is 17.0. The maximum atomic E-state index is 13.7. The average molecular weight is 476 g/mol. The van der Waals surface area contributed by atoms with Crippen LogP contribution >= 0.6 is 0 Å². The number of nitrogens with zero attached hydrogens (tertiary/aromatic N) is 1. The Morgan fingerprint density at radius 2 is 1.71 bits per heavy atom. The highest BCUT2D eigenvalue weighted by Gasteiger charge is 2.38.